The summed E-state index contributed by atoms with van der Waals surface area (Å²) in [4.78, 5) is 0. The molecule has 2 nitrogen and oxygen atoms in total. The standard InChI is InChI=1S/C15H31NO/c1-3-11-16-15-10-6-5-8-14(13-15)9-7-12-17-4-2/h14-16H,3-13H2,1-2H3. The molecule has 0 spiro atoms. The third kappa shape index (κ3) is 7.05. The average molecular weight is 241 g/mol. The SMILES string of the molecule is CCCNC1CCCCC(CCCOCC)C1. The summed E-state index contributed by atoms with van der Waals surface area (Å²) in [5.74, 6) is 0.937. The van der Waals surface area contributed by atoms with Gasteiger partial charge in [0.25, 0.3) is 0 Å². The van der Waals surface area contributed by atoms with Gasteiger partial charge >= 0.3 is 0 Å². The Morgan fingerprint density at radius 2 is 2.00 bits per heavy atom. The molecule has 102 valence electrons. The summed E-state index contributed by atoms with van der Waals surface area (Å²) in [5, 5.41) is 3.71. The molecule has 0 aliphatic heterocycles. The molecular formula is C15H31NO. The second kappa shape index (κ2) is 9.90. The molecule has 0 bridgehead atoms. The smallest absolute Gasteiger partial charge is 0.0465 e. The largest absolute Gasteiger partial charge is 0.382 e. The van der Waals surface area contributed by atoms with Crippen molar-refractivity contribution in [3.63, 3.8) is 0 Å². The van der Waals surface area contributed by atoms with Crippen molar-refractivity contribution in [2.24, 2.45) is 5.92 Å². The lowest BCUT2D eigenvalue weighted by Crippen LogP contribution is -2.30. The van der Waals surface area contributed by atoms with E-state index in [0.29, 0.717) is 0 Å². The molecule has 1 aliphatic carbocycles. The van der Waals surface area contributed by atoms with Crippen LogP contribution in [0.2, 0.25) is 0 Å². The molecule has 0 aromatic rings. The first-order valence-corrected chi connectivity index (χ1v) is 7.68. The summed E-state index contributed by atoms with van der Waals surface area (Å²) in [6, 6.07) is 0.787. The number of hydrogen-bond acceptors (Lipinski definition) is 2. The van der Waals surface area contributed by atoms with Gasteiger partial charge in [0.2, 0.25) is 0 Å². The van der Waals surface area contributed by atoms with Gasteiger partial charge < -0.3 is 10.1 Å². The maximum atomic E-state index is 5.43. The quantitative estimate of drug-likeness (QED) is 0.516. The molecule has 0 aromatic heterocycles. The van der Waals surface area contributed by atoms with Gasteiger partial charge in [-0.1, -0.05) is 26.2 Å². The summed E-state index contributed by atoms with van der Waals surface area (Å²) in [7, 11) is 0. The van der Waals surface area contributed by atoms with Gasteiger partial charge in [-0.05, 0) is 51.5 Å². The van der Waals surface area contributed by atoms with E-state index in [1.54, 1.807) is 0 Å². The maximum Gasteiger partial charge on any atom is 0.0465 e. The highest BCUT2D eigenvalue weighted by Crippen LogP contribution is 2.26. The van der Waals surface area contributed by atoms with E-state index < -0.39 is 0 Å². The number of ether oxygens (including phenoxy) is 1. The van der Waals surface area contributed by atoms with Gasteiger partial charge in [0.1, 0.15) is 0 Å². The van der Waals surface area contributed by atoms with Crippen LogP contribution >= 0.6 is 0 Å². The second-order valence-electron chi connectivity index (χ2n) is 5.38. The van der Waals surface area contributed by atoms with Crippen LogP contribution in [0.25, 0.3) is 0 Å². The minimum absolute atomic E-state index is 0.787. The van der Waals surface area contributed by atoms with Crippen LogP contribution in [-0.4, -0.2) is 25.8 Å². The molecule has 2 heteroatoms. The minimum atomic E-state index is 0.787. The van der Waals surface area contributed by atoms with Crippen LogP contribution in [0.3, 0.4) is 0 Å². The fraction of sp³-hybridized carbons (Fsp3) is 1.00. The Labute approximate surface area is 108 Å². The first kappa shape index (κ1) is 15.0. The predicted molar refractivity (Wildman–Crippen MR) is 74.4 cm³/mol. The van der Waals surface area contributed by atoms with E-state index in [9.17, 15) is 0 Å². The summed E-state index contributed by atoms with van der Waals surface area (Å²) in [5.41, 5.74) is 0. The Morgan fingerprint density at radius 3 is 2.76 bits per heavy atom. The summed E-state index contributed by atoms with van der Waals surface area (Å²) in [6.07, 6.45) is 11.0. The Balaban J connectivity index is 2.18. The molecule has 1 fully saturated rings. The molecule has 0 aromatic carbocycles. The Kier molecular flexibility index (Phi) is 8.72. The second-order valence-corrected chi connectivity index (χ2v) is 5.38. The highest BCUT2D eigenvalue weighted by atomic mass is 16.5. The lowest BCUT2D eigenvalue weighted by molar-refractivity contribution is 0.138. The molecule has 1 aliphatic rings. The van der Waals surface area contributed by atoms with Gasteiger partial charge in [0, 0.05) is 19.3 Å². The van der Waals surface area contributed by atoms with Crippen molar-refractivity contribution in [2.45, 2.75) is 71.3 Å². The molecule has 1 rings (SSSR count). The topological polar surface area (TPSA) is 21.3 Å². The predicted octanol–water partition coefficient (Wildman–Crippen LogP) is 3.75. The Bertz CT molecular complexity index is 172. The molecule has 17 heavy (non-hydrogen) atoms. The summed E-state index contributed by atoms with van der Waals surface area (Å²) < 4.78 is 5.43. The monoisotopic (exact) mass is 241 g/mol. The maximum absolute atomic E-state index is 5.43. The molecule has 0 radical (unpaired) electrons. The van der Waals surface area contributed by atoms with E-state index in [2.05, 4.69) is 19.2 Å². The molecule has 0 heterocycles. The molecule has 2 atom stereocenters. The van der Waals surface area contributed by atoms with Crippen molar-refractivity contribution in [3.8, 4) is 0 Å². The summed E-state index contributed by atoms with van der Waals surface area (Å²) in [6.45, 7) is 7.35. The molecule has 0 amide bonds. The average Bonchev–Trinajstić information content (AvgIpc) is 2.57. The number of hydrogen-bond donors (Lipinski definition) is 1. The minimum Gasteiger partial charge on any atom is -0.382 e. The van der Waals surface area contributed by atoms with Gasteiger partial charge in [-0.2, -0.15) is 0 Å². The van der Waals surface area contributed by atoms with Crippen LogP contribution in [-0.2, 0) is 4.74 Å². The van der Waals surface area contributed by atoms with E-state index in [0.717, 1.165) is 25.2 Å². The highest BCUT2D eigenvalue weighted by molar-refractivity contribution is 4.76. The van der Waals surface area contributed by atoms with Gasteiger partial charge in [-0.3, -0.25) is 0 Å². The van der Waals surface area contributed by atoms with Crippen molar-refractivity contribution >= 4 is 0 Å². The van der Waals surface area contributed by atoms with Crippen molar-refractivity contribution in [2.75, 3.05) is 19.8 Å². The van der Waals surface area contributed by atoms with E-state index >= 15 is 0 Å². The Hall–Kier alpha value is -0.0800. The van der Waals surface area contributed by atoms with Gasteiger partial charge in [-0.15, -0.1) is 0 Å². The van der Waals surface area contributed by atoms with Crippen LogP contribution in [0.4, 0.5) is 0 Å². The van der Waals surface area contributed by atoms with Gasteiger partial charge in [-0.25, -0.2) is 0 Å². The zero-order valence-electron chi connectivity index (χ0n) is 11.8. The third-order valence-electron chi connectivity index (χ3n) is 3.82. The first-order chi connectivity index (χ1) is 8.36. The fourth-order valence-corrected chi connectivity index (χ4v) is 2.88. The molecule has 0 saturated heterocycles. The van der Waals surface area contributed by atoms with Crippen molar-refractivity contribution < 1.29 is 4.74 Å². The Morgan fingerprint density at radius 1 is 1.18 bits per heavy atom. The third-order valence-corrected chi connectivity index (χ3v) is 3.82. The van der Waals surface area contributed by atoms with E-state index in [-0.39, 0.29) is 0 Å². The molecular weight excluding hydrogens is 210 g/mol. The van der Waals surface area contributed by atoms with Crippen LogP contribution in [0.15, 0.2) is 0 Å². The zero-order chi connectivity index (χ0) is 12.3. The van der Waals surface area contributed by atoms with Crippen LogP contribution in [0, 0.1) is 5.92 Å². The molecule has 1 N–H and O–H groups in total. The van der Waals surface area contributed by atoms with Crippen molar-refractivity contribution in [1.29, 1.82) is 0 Å². The van der Waals surface area contributed by atoms with E-state index in [1.165, 1.54) is 57.9 Å². The van der Waals surface area contributed by atoms with E-state index in [4.69, 9.17) is 4.74 Å². The summed E-state index contributed by atoms with van der Waals surface area (Å²) >= 11 is 0. The van der Waals surface area contributed by atoms with Gasteiger partial charge in [0.05, 0.1) is 0 Å². The van der Waals surface area contributed by atoms with Crippen LogP contribution in [0.1, 0.15) is 65.2 Å². The van der Waals surface area contributed by atoms with Crippen molar-refractivity contribution in [3.05, 3.63) is 0 Å². The van der Waals surface area contributed by atoms with Gasteiger partial charge in [0.15, 0.2) is 0 Å². The number of rotatable bonds is 8. The fourth-order valence-electron chi connectivity index (χ4n) is 2.88. The lowest BCUT2D eigenvalue weighted by atomic mass is 9.93. The first-order valence-electron chi connectivity index (χ1n) is 7.68. The highest BCUT2D eigenvalue weighted by Gasteiger charge is 2.19. The number of nitrogens with one attached hydrogen (secondary N) is 1. The van der Waals surface area contributed by atoms with Crippen LogP contribution < -0.4 is 5.32 Å². The van der Waals surface area contributed by atoms with Crippen molar-refractivity contribution in [1.82, 2.24) is 5.32 Å². The van der Waals surface area contributed by atoms with Crippen LogP contribution in [0.5, 0.6) is 0 Å². The molecule has 1 saturated carbocycles. The molecule has 2 unspecified atom stereocenters. The normalized spacial score (nSPS) is 25.8. The lowest BCUT2D eigenvalue weighted by Gasteiger charge is -2.21. The zero-order valence-corrected chi connectivity index (χ0v) is 11.8. The van der Waals surface area contributed by atoms with E-state index in [1.807, 2.05) is 0 Å².